The molecule has 124 valence electrons. The summed E-state index contributed by atoms with van der Waals surface area (Å²) in [6, 6.07) is 8.40. The summed E-state index contributed by atoms with van der Waals surface area (Å²) < 4.78 is 0. The van der Waals surface area contributed by atoms with Crippen molar-refractivity contribution < 1.29 is 4.79 Å². The number of rotatable bonds is 4. The molecule has 0 bridgehead atoms. The van der Waals surface area contributed by atoms with Gasteiger partial charge in [0.2, 0.25) is 5.91 Å². The third kappa shape index (κ3) is 2.90. The fraction of sp³-hybridized carbons (Fsp3) is 0.632. The molecule has 1 aliphatic carbocycles. The van der Waals surface area contributed by atoms with E-state index in [-0.39, 0.29) is 11.9 Å². The lowest BCUT2D eigenvalue weighted by Gasteiger charge is -2.31. The molecule has 4 nitrogen and oxygen atoms in total. The molecule has 0 aromatic heterocycles. The van der Waals surface area contributed by atoms with E-state index in [0.717, 1.165) is 25.1 Å². The van der Waals surface area contributed by atoms with Crippen LogP contribution in [-0.4, -0.2) is 43.0 Å². The van der Waals surface area contributed by atoms with Gasteiger partial charge in [-0.3, -0.25) is 4.79 Å². The van der Waals surface area contributed by atoms with E-state index < -0.39 is 0 Å². The lowest BCUT2D eigenvalue weighted by molar-refractivity contribution is -0.120. The number of nitrogens with zero attached hydrogens (tertiary/aromatic N) is 2. The van der Waals surface area contributed by atoms with Crippen LogP contribution in [-0.2, 0) is 10.2 Å². The number of hydrogen-bond acceptors (Lipinski definition) is 3. The van der Waals surface area contributed by atoms with Crippen LogP contribution in [0.2, 0.25) is 0 Å². The van der Waals surface area contributed by atoms with Crippen molar-refractivity contribution >= 4 is 11.6 Å². The molecule has 2 aliphatic heterocycles. The summed E-state index contributed by atoms with van der Waals surface area (Å²) in [6.07, 6.45) is 7.12. The summed E-state index contributed by atoms with van der Waals surface area (Å²) in [6.45, 7) is 4.53. The molecule has 3 aliphatic rings. The summed E-state index contributed by atoms with van der Waals surface area (Å²) in [5, 5.41) is 0. The first kappa shape index (κ1) is 15.2. The highest BCUT2D eigenvalue weighted by molar-refractivity contribution is 5.97. The molecule has 1 aromatic carbocycles. The summed E-state index contributed by atoms with van der Waals surface area (Å²) in [4.78, 5) is 16.7. The van der Waals surface area contributed by atoms with Gasteiger partial charge in [-0.05, 0) is 69.3 Å². The zero-order valence-electron chi connectivity index (χ0n) is 13.8. The number of likely N-dealkylation sites (tertiary alicyclic amines) is 1. The van der Waals surface area contributed by atoms with Crippen LogP contribution in [0.4, 0.5) is 5.69 Å². The van der Waals surface area contributed by atoms with Gasteiger partial charge in [-0.15, -0.1) is 0 Å². The second-order valence-electron chi connectivity index (χ2n) is 7.55. The molecule has 0 radical (unpaired) electrons. The summed E-state index contributed by atoms with van der Waals surface area (Å²) in [5.41, 5.74) is 8.74. The van der Waals surface area contributed by atoms with Gasteiger partial charge < -0.3 is 15.5 Å². The average Bonchev–Trinajstić information content (AvgIpc) is 3.16. The number of nitrogens with two attached hydrogens (primary N) is 1. The first-order valence-corrected chi connectivity index (χ1v) is 9.08. The van der Waals surface area contributed by atoms with Gasteiger partial charge in [0.25, 0.3) is 0 Å². The Bertz CT molecular complexity index is 573. The van der Waals surface area contributed by atoms with Gasteiger partial charge in [-0.25, -0.2) is 0 Å². The second kappa shape index (κ2) is 5.91. The van der Waals surface area contributed by atoms with Crippen molar-refractivity contribution in [2.45, 2.75) is 50.0 Å². The van der Waals surface area contributed by atoms with Crippen LogP contribution in [0, 0.1) is 0 Å². The van der Waals surface area contributed by atoms with Crippen molar-refractivity contribution in [3.05, 3.63) is 29.8 Å². The van der Waals surface area contributed by atoms with Gasteiger partial charge in [0.05, 0.1) is 6.04 Å². The Kier molecular flexibility index (Phi) is 3.90. The van der Waals surface area contributed by atoms with E-state index in [9.17, 15) is 4.79 Å². The molecule has 1 atom stereocenters. The Morgan fingerprint density at radius 1 is 1.04 bits per heavy atom. The van der Waals surface area contributed by atoms with Crippen LogP contribution in [0.1, 0.15) is 44.1 Å². The molecular formula is C19H27N3O. The first-order chi connectivity index (χ1) is 11.2. The standard InChI is InChI=1S/C19H27N3O/c20-17-4-3-13-22(18(17)23)16-7-5-15(6-8-16)19(9-10-19)14-21-11-1-2-12-21/h5-8,17H,1-4,9-14,20H2. The number of carbonyl (C=O) groups is 1. The quantitative estimate of drug-likeness (QED) is 0.927. The number of piperidine rings is 1. The topological polar surface area (TPSA) is 49.6 Å². The van der Waals surface area contributed by atoms with Gasteiger partial charge in [0.15, 0.2) is 0 Å². The Morgan fingerprint density at radius 3 is 2.39 bits per heavy atom. The van der Waals surface area contributed by atoms with Crippen molar-refractivity contribution in [2.24, 2.45) is 5.73 Å². The Morgan fingerprint density at radius 2 is 1.74 bits per heavy atom. The number of anilines is 1. The normalized spacial score (nSPS) is 27.4. The minimum atomic E-state index is -0.326. The highest BCUT2D eigenvalue weighted by Gasteiger charge is 2.45. The molecule has 2 heterocycles. The molecule has 0 spiro atoms. The van der Waals surface area contributed by atoms with E-state index in [0.29, 0.717) is 5.41 Å². The number of amides is 1. The molecular weight excluding hydrogens is 286 g/mol. The molecule has 23 heavy (non-hydrogen) atoms. The number of carbonyl (C=O) groups excluding carboxylic acids is 1. The predicted octanol–water partition coefficient (Wildman–Crippen LogP) is 2.27. The van der Waals surface area contributed by atoms with E-state index in [4.69, 9.17) is 5.73 Å². The lowest BCUT2D eigenvalue weighted by atomic mass is 9.94. The van der Waals surface area contributed by atoms with Crippen LogP contribution in [0.15, 0.2) is 24.3 Å². The molecule has 1 saturated carbocycles. The third-order valence-corrected chi connectivity index (χ3v) is 5.85. The largest absolute Gasteiger partial charge is 0.320 e. The first-order valence-electron chi connectivity index (χ1n) is 9.08. The van der Waals surface area contributed by atoms with Crippen molar-refractivity contribution in [1.82, 2.24) is 4.90 Å². The van der Waals surface area contributed by atoms with Crippen molar-refractivity contribution in [3.8, 4) is 0 Å². The maximum atomic E-state index is 12.2. The van der Waals surface area contributed by atoms with E-state index in [2.05, 4.69) is 29.2 Å². The van der Waals surface area contributed by atoms with E-state index in [1.165, 1.54) is 50.9 Å². The molecule has 3 fully saturated rings. The second-order valence-corrected chi connectivity index (χ2v) is 7.55. The van der Waals surface area contributed by atoms with Gasteiger partial charge >= 0.3 is 0 Å². The summed E-state index contributed by atoms with van der Waals surface area (Å²) >= 11 is 0. The molecule has 1 aromatic rings. The van der Waals surface area contributed by atoms with Crippen LogP contribution in [0.25, 0.3) is 0 Å². The van der Waals surface area contributed by atoms with E-state index in [1.54, 1.807) is 0 Å². The number of benzene rings is 1. The Balaban J connectivity index is 1.48. The highest BCUT2D eigenvalue weighted by Crippen LogP contribution is 2.49. The Hall–Kier alpha value is -1.39. The van der Waals surface area contributed by atoms with E-state index >= 15 is 0 Å². The predicted molar refractivity (Wildman–Crippen MR) is 92.6 cm³/mol. The van der Waals surface area contributed by atoms with Crippen molar-refractivity contribution in [1.29, 1.82) is 0 Å². The fourth-order valence-electron chi connectivity index (χ4n) is 4.21. The van der Waals surface area contributed by atoms with Crippen LogP contribution >= 0.6 is 0 Å². The summed E-state index contributed by atoms with van der Waals surface area (Å²) in [7, 11) is 0. The molecule has 1 unspecified atom stereocenters. The lowest BCUT2D eigenvalue weighted by Crippen LogP contribution is -2.48. The molecule has 2 N–H and O–H groups in total. The Labute approximate surface area is 138 Å². The number of hydrogen-bond donors (Lipinski definition) is 1. The third-order valence-electron chi connectivity index (χ3n) is 5.85. The molecule has 1 amide bonds. The maximum Gasteiger partial charge on any atom is 0.243 e. The average molecular weight is 313 g/mol. The summed E-state index contributed by atoms with van der Waals surface area (Å²) in [5.74, 6) is 0.0715. The molecule has 4 rings (SSSR count). The van der Waals surface area contributed by atoms with Crippen LogP contribution in [0.3, 0.4) is 0 Å². The molecule has 2 saturated heterocycles. The monoisotopic (exact) mass is 313 g/mol. The van der Waals surface area contributed by atoms with Crippen molar-refractivity contribution in [2.75, 3.05) is 31.1 Å². The van der Waals surface area contributed by atoms with Gasteiger partial charge in [-0.2, -0.15) is 0 Å². The SMILES string of the molecule is NC1CCCN(c2ccc(C3(CN4CCCC4)CC3)cc2)C1=O. The fourth-order valence-corrected chi connectivity index (χ4v) is 4.21. The van der Waals surface area contributed by atoms with Gasteiger partial charge in [0.1, 0.15) is 0 Å². The minimum Gasteiger partial charge on any atom is -0.320 e. The zero-order valence-corrected chi connectivity index (χ0v) is 13.8. The van der Waals surface area contributed by atoms with E-state index in [1.807, 2.05) is 4.90 Å². The highest BCUT2D eigenvalue weighted by atomic mass is 16.2. The van der Waals surface area contributed by atoms with Crippen LogP contribution in [0.5, 0.6) is 0 Å². The molecule has 4 heteroatoms. The van der Waals surface area contributed by atoms with Gasteiger partial charge in [0, 0.05) is 24.2 Å². The van der Waals surface area contributed by atoms with Crippen molar-refractivity contribution in [3.63, 3.8) is 0 Å². The minimum absolute atomic E-state index is 0.0715. The maximum absolute atomic E-state index is 12.2. The zero-order chi connectivity index (χ0) is 15.9. The van der Waals surface area contributed by atoms with Crippen LogP contribution < -0.4 is 10.6 Å². The van der Waals surface area contributed by atoms with Gasteiger partial charge in [-0.1, -0.05) is 12.1 Å². The smallest absolute Gasteiger partial charge is 0.243 e.